The Balaban J connectivity index is 2.25. The molecule has 0 aromatic carbocycles. The maximum absolute atomic E-state index is 10.8. The molecule has 6 heteroatoms. The van der Waals surface area contributed by atoms with E-state index in [1.54, 1.807) is 0 Å². The summed E-state index contributed by atoms with van der Waals surface area (Å²) in [4.78, 5) is 10.8. The molecule has 6 nitrogen and oxygen atoms in total. The van der Waals surface area contributed by atoms with Crippen molar-refractivity contribution in [2.75, 3.05) is 0 Å². The molecule has 2 aliphatic rings. The standard InChI is InChI=1S/C6H8O6/c7-1-3-2(8)5(9)12-4(1)6(10)11-3/h1-5,7-9H/t1-,2+,3-,4-,5-/m0/s1. The van der Waals surface area contributed by atoms with Crippen molar-refractivity contribution in [3.05, 3.63) is 0 Å². The predicted molar refractivity (Wildman–Crippen MR) is 32.8 cm³/mol. The third-order valence-corrected chi connectivity index (χ3v) is 2.05. The molecule has 0 aromatic rings. The fourth-order valence-electron chi connectivity index (χ4n) is 1.38. The highest BCUT2D eigenvalue weighted by Crippen LogP contribution is 2.29. The van der Waals surface area contributed by atoms with Crippen LogP contribution in [0.5, 0.6) is 0 Å². The second-order valence-electron chi connectivity index (χ2n) is 2.83. The van der Waals surface area contributed by atoms with Crippen LogP contribution in [-0.4, -0.2) is 52.0 Å². The van der Waals surface area contributed by atoms with Crippen LogP contribution in [0.1, 0.15) is 0 Å². The van der Waals surface area contributed by atoms with Crippen molar-refractivity contribution in [1.29, 1.82) is 0 Å². The second kappa shape index (κ2) is 2.40. The van der Waals surface area contributed by atoms with Crippen LogP contribution >= 0.6 is 0 Å². The van der Waals surface area contributed by atoms with E-state index < -0.39 is 36.7 Å². The maximum Gasteiger partial charge on any atom is 0.338 e. The largest absolute Gasteiger partial charge is 0.454 e. The molecular formula is C6H8O6. The molecule has 2 rings (SSSR count). The molecule has 5 atom stereocenters. The molecule has 2 fully saturated rings. The van der Waals surface area contributed by atoms with Crippen LogP contribution in [0, 0.1) is 0 Å². The van der Waals surface area contributed by atoms with Crippen molar-refractivity contribution in [3.63, 3.8) is 0 Å². The van der Waals surface area contributed by atoms with Gasteiger partial charge in [-0.05, 0) is 0 Å². The minimum absolute atomic E-state index is 0.747. The number of hydrogen-bond donors (Lipinski definition) is 3. The number of carbonyl (C=O) groups is 1. The number of carbonyl (C=O) groups excluding carboxylic acids is 1. The number of fused-ring (bicyclic) bond motifs is 2. The van der Waals surface area contributed by atoms with Crippen molar-refractivity contribution in [3.8, 4) is 0 Å². The highest BCUT2D eigenvalue weighted by Gasteiger charge is 2.55. The molecular weight excluding hydrogens is 168 g/mol. The third kappa shape index (κ3) is 0.862. The van der Waals surface area contributed by atoms with Crippen LogP contribution in [-0.2, 0) is 14.3 Å². The van der Waals surface area contributed by atoms with E-state index in [9.17, 15) is 9.90 Å². The Morgan fingerprint density at radius 3 is 2.50 bits per heavy atom. The summed E-state index contributed by atoms with van der Waals surface area (Å²) in [5.41, 5.74) is 0. The quantitative estimate of drug-likeness (QED) is 0.349. The Hall–Kier alpha value is -0.690. The number of rotatable bonds is 0. The first-order valence-corrected chi connectivity index (χ1v) is 3.51. The molecule has 2 aliphatic heterocycles. The molecule has 12 heavy (non-hydrogen) atoms. The Labute approximate surface area is 67.3 Å². The maximum atomic E-state index is 10.8. The molecule has 0 saturated carbocycles. The second-order valence-corrected chi connectivity index (χ2v) is 2.83. The fourth-order valence-corrected chi connectivity index (χ4v) is 1.38. The van der Waals surface area contributed by atoms with E-state index in [0.29, 0.717) is 0 Å². The van der Waals surface area contributed by atoms with Gasteiger partial charge in [-0.3, -0.25) is 0 Å². The van der Waals surface area contributed by atoms with Gasteiger partial charge in [-0.15, -0.1) is 0 Å². The van der Waals surface area contributed by atoms with Crippen molar-refractivity contribution >= 4 is 5.97 Å². The molecule has 3 N–H and O–H groups in total. The lowest BCUT2D eigenvalue weighted by molar-refractivity contribution is -0.242. The van der Waals surface area contributed by atoms with E-state index >= 15 is 0 Å². The molecule has 0 amide bonds. The van der Waals surface area contributed by atoms with E-state index in [1.807, 2.05) is 0 Å². The molecule has 0 aliphatic carbocycles. The number of ether oxygens (including phenoxy) is 2. The van der Waals surface area contributed by atoms with E-state index in [4.69, 9.17) is 10.2 Å². The summed E-state index contributed by atoms with van der Waals surface area (Å²) in [6.07, 6.45) is -6.24. The van der Waals surface area contributed by atoms with Gasteiger partial charge in [-0.2, -0.15) is 0 Å². The number of esters is 1. The summed E-state index contributed by atoms with van der Waals surface area (Å²) in [5, 5.41) is 27.3. The van der Waals surface area contributed by atoms with Gasteiger partial charge in [0.2, 0.25) is 0 Å². The Morgan fingerprint density at radius 2 is 1.83 bits per heavy atom. The zero-order valence-electron chi connectivity index (χ0n) is 5.95. The van der Waals surface area contributed by atoms with Gasteiger partial charge in [0.25, 0.3) is 0 Å². The summed E-state index contributed by atoms with van der Waals surface area (Å²) in [6.45, 7) is 0. The SMILES string of the molecule is O=C1O[C@@H]2[C@@H](O)[C@@H](O)O[C@H]1[C@H]2O. The average Bonchev–Trinajstić information content (AvgIpc) is 2.23. The van der Waals surface area contributed by atoms with Crippen LogP contribution in [0.2, 0.25) is 0 Å². The first-order chi connectivity index (χ1) is 5.61. The Bertz CT molecular complexity index is 216. The van der Waals surface area contributed by atoms with E-state index in [-0.39, 0.29) is 0 Å². The number of aliphatic hydroxyl groups excluding tert-OH is 3. The van der Waals surface area contributed by atoms with Gasteiger partial charge in [0.15, 0.2) is 18.5 Å². The van der Waals surface area contributed by atoms with Gasteiger partial charge in [0.1, 0.15) is 12.2 Å². The summed E-state index contributed by atoms with van der Waals surface area (Å²) < 4.78 is 9.15. The van der Waals surface area contributed by atoms with Gasteiger partial charge in [-0.25, -0.2) is 4.79 Å². The van der Waals surface area contributed by atoms with Gasteiger partial charge in [0, 0.05) is 0 Å². The molecule has 2 bridgehead atoms. The Kier molecular flexibility index (Phi) is 1.58. The zero-order chi connectivity index (χ0) is 8.88. The molecule has 2 saturated heterocycles. The summed E-state index contributed by atoms with van der Waals surface area (Å²) in [5.74, 6) is -0.747. The summed E-state index contributed by atoms with van der Waals surface area (Å²) in [7, 11) is 0. The van der Waals surface area contributed by atoms with Crippen molar-refractivity contribution in [2.45, 2.75) is 30.7 Å². The van der Waals surface area contributed by atoms with Crippen LogP contribution in [0.25, 0.3) is 0 Å². The van der Waals surface area contributed by atoms with Gasteiger partial charge >= 0.3 is 5.97 Å². The molecule has 0 radical (unpaired) electrons. The highest BCUT2D eigenvalue weighted by atomic mass is 16.7. The molecule has 2 heterocycles. The first-order valence-electron chi connectivity index (χ1n) is 3.51. The lowest BCUT2D eigenvalue weighted by Crippen LogP contribution is -2.53. The predicted octanol–water partition coefficient (Wildman–Crippen LogP) is -2.65. The lowest BCUT2D eigenvalue weighted by Gasteiger charge is -2.30. The summed E-state index contributed by atoms with van der Waals surface area (Å²) >= 11 is 0. The Morgan fingerprint density at radius 1 is 1.17 bits per heavy atom. The van der Waals surface area contributed by atoms with Crippen molar-refractivity contribution in [2.24, 2.45) is 0 Å². The van der Waals surface area contributed by atoms with Crippen LogP contribution in [0.15, 0.2) is 0 Å². The van der Waals surface area contributed by atoms with E-state index in [2.05, 4.69) is 9.47 Å². The number of hydrogen-bond acceptors (Lipinski definition) is 6. The van der Waals surface area contributed by atoms with Crippen LogP contribution in [0.3, 0.4) is 0 Å². The van der Waals surface area contributed by atoms with Crippen LogP contribution in [0.4, 0.5) is 0 Å². The van der Waals surface area contributed by atoms with E-state index in [1.165, 1.54) is 0 Å². The minimum atomic E-state index is -1.46. The summed E-state index contributed by atoms with van der Waals surface area (Å²) in [6, 6.07) is 0. The monoisotopic (exact) mass is 176 g/mol. The highest BCUT2D eigenvalue weighted by molar-refractivity contribution is 5.78. The molecule has 68 valence electrons. The molecule has 0 spiro atoms. The smallest absolute Gasteiger partial charge is 0.338 e. The fraction of sp³-hybridized carbons (Fsp3) is 0.833. The van der Waals surface area contributed by atoms with Crippen molar-refractivity contribution < 1.29 is 29.6 Å². The molecule has 0 aromatic heterocycles. The first kappa shape index (κ1) is 7.93. The lowest BCUT2D eigenvalue weighted by atomic mass is 10.0. The van der Waals surface area contributed by atoms with Gasteiger partial charge < -0.3 is 24.8 Å². The van der Waals surface area contributed by atoms with Gasteiger partial charge in [0.05, 0.1) is 0 Å². The zero-order valence-corrected chi connectivity index (χ0v) is 5.95. The van der Waals surface area contributed by atoms with E-state index in [0.717, 1.165) is 0 Å². The third-order valence-electron chi connectivity index (χ3n) is 2.05. The normalized spacial score (nSPS) is 52.2. The number of aliphatic hydroxyl groups is 3. The topological polar surface area (TPSA) is 96.2 Å². The molecule has 0 unspecified atom stereocenters. The van der Waals surface area contributed by atoms with Gasteiger partial charge in [-0.1, -0.05) is 0 Å². The minimum Gasteiger partial charge on any atom is -0.454 e. The van der Waals surface area contributed by atoms with Crippen molar-refractivity contribution in [1.82, 2.24) is 0 Å². The van der Waals surface area contributed by atoms with Crippen LogP contribution < -0.4 is 0 Å². The average molecular weight is 176 g/mol.